The van der Waals surface area contributed by atoms with E-state index in [0.29, 0.717) is 19.8 Å². The van der Waals surface area contributed by atoms with Crippen LogP contribution in [0.15, 0.2) is 0 Å². The van der Waals surface area contributed by atoms with Crippen molar-refractivity contribution in [3.8, 4) is 0 Å². The summed E-state index contributed by atoms with van der Waals surface area (Å²) in [5.74, 6) is -0.0920. The maximum atomic E-state index is 11.6. The SMILES string of the molecule is CC[C@H](CO)NC(=O)C1COCCN1. The Morgan fingerprint density at radius 2 is 2.57 bits per heavy atom. The van der Waals surface area contributed by atoms with Gasteiger partial charge < -0.3 is 20.5 Å². The summed E-state index contributed by atoms with van der Waals surface area (Å²) in [6.07, 6.45) is 0.732. The van der Waals surface area contributed by atoms with E-state index in [2.05, 4.69) is 10.6 Å². The van der Waals surface area contributed by atoms with Crippen LogP contribution < -0.4 is 10.6 Å². The summed E-state index contributed by atoms with van der Waals surface area (Å²) in [4.78, 5) is 11.6. The maximum Gasteiger partial charge on any atom is 0.239 e. The lowest BCUT2D eigenvalue weighted by molar-refractivity contribution is -0.126. The molecule has 1 fully saturated rings. The van der Waals surface area contributed by atoms with Crippen LogP contribution in [-0.2, 0) is 9.53 Å². The number of hydrogen-bond acceptors (Lipinski definition) is 4. The quantitative estimate of drug-likeness (QED) is 0.539. The Bertz CT molecular complexity index is 177. The van der Waals surface area contributed by atoms with Gasteiger partial charge in [-0.05, 0) is 6.42 Å². The van der Waals surface area contributed by atoms with Gasteiger partial charge in [0.15, 0.2) is 0 Å². The van der Waals surface area contributed by atoms with Gasteiger partial charge in [-0.15, -0.1) is 0 Å². The molecule has 0 aliphatic carbocycles. The number of morpholine rings is 1. The molecule has 1 heterocycles. The van der Waals surface area contributed by atoms with E-state index < -0.39 is 0 Å². The Kier molecular flexibility index (Phi) is 4.86. The predicted molar refractivity (Wildman–Crippen MR) is 51.9 cm³/mol. The van der Waals surface area contributed by atoms with Crippen LogP contribution in [0.4, 0.5) is 0 Å². The molecule has 14 heavy (non-hydrogen) atoms. The van der Waals surface area contributed by atoms with Gasteiger partial charge in [-0.3, -0.25) is 4.79 Å². The summed E-state index contributed by atoms with van der Waals surface area (Å²) in [6, 6.07) is -0.421. The highest BCUT2D eigenvalue weighted by Gasteiger charge is 2.22. The first-order chi connectivity index (χ1) is 6.77. The molecule has 1 saturated heterocycles. The smallest absolute Gasteiger partial charge is 0.239 e. The number of ether oxygens (including phenoxy) is 1. The highest BCUT2D eigenvalue weighted by atomic mass is 16.5. The van der Waals surface area contributed by atoms with Gasteiger partial charge in [0.2, 0.25) is 5.91 Å². The molecular weight excluding hydrogens is 184 g/mol. The van der Waals surface area contributed by atoms with Crippen molar-refractivity contribution in [3.05, 3.63) is 0 Å². The molecule has 0 spiro atoms. The van der Waals surface area contributed by atoms with Crippen LogP contribution in [-0.4, -0.2) is 49.5 Å². The fourth-order valence-corrected chi connectivity index (χ4v) is 1.31. The zero-order valence-corrected chi connectivity index (χ0v) is 8.45. The number of rotatable bonds is 4. The largest absolute Gasteiger partial charge is 0.394 e. The Morgan fingerprint density at radius 3 is 3.07 bits per heavy atom. The molecule has 2 atom stereocenters. The fourth-order valence-electron chi connectivity index (χ4n) is 1.31. The van der Waals surface area contributed by atoms with Crippen molar-refractivity contribution < 1.29 is 14.6 Å². The van der Waals surface area contributed by atoms with Crippen LogP contribution in [0.3, 0.4) is 0 Å². The molecule has 0 aromatic carbocycles. The third kappa shape index (κ3) is 3.25. The van der Waals surface area contributed by atoms with E-state index in [1.165, 1.54) is 0 Å². The summed E-state index contributed by atoms with van der Waals surface area (Å²) in [5, 5.41) is 14.7. The fraction of sp³-hybridized carbons (Fsp3) is 0.889. The number of hydrogen-bond donors (Lipinski definition) is 3. The van der Waals surface area contributed by atoms with Crippen molar-refractivity contribution in [3.63, 3.8) is 0 Å². The monoisotopic (exact) mass is 202 g/mol. The first-order valence-electron chi connectivity index (χ1n) is 5.00. The molecular formula is C9H18N2O3. The van der Waals surface area contributed by atoms with Crippen molar-refractivity contribution in [1.82, 2.24) is 10.6 Å². The molecule has 0 bridgehead atoms. The minimum Gasteiger partial charge on any atom is -0.394 e. The number of nitrogens with one attached hydrogen (secondary N) is 2. The average Bonchev–Trinajstić information content (AvgIpc) is 2.26. The van der Waals surface area contributed by atoms with Gasteiger partial charge in [0.25, 0.3) is 0 Å². The van der Waals surface area contributed by atoms with E-state index in [9.17, 15) is 4.79 Å². The molecule has 0 saturated carbocycles. The number of carbonyl (C=O) groups is 1. The number of aliphatic hydroxyl groups is 1. The van der Waals surface area contributed by atoms with E-state index >= 15 is 0 Å². The minimum atomic E-state index is -0.274. The number of carbonyl (C=O) groups excluding carboxylic acids is 1. The van der Waals surface area contributed by atoms with Crippen LogP contribution in [0, 0.1) is 0 Å². The molecule has 1 aliphatic rings. The van der Waals surface area contributed by atoms with Crippen molar-refractivity contribution in [1.29, 1.82) is 0 Å². The van der Waals surface area contributed by atoms with Crippen LogP contribution in [0.5, 0.6) is 0 Å². The van der Waals surface area contributed by atoms with Crippen molar-refractivity contribution in [2.75, 3.05) is 26.4 Å². The Hall–Kier alpha value is -0.650. The Morgan fingerprint density at radius 1 is 1.79 bits per heavy atom. The molecule has 5 nitrogen and oxygen atoms in total. The summed E-state index contributed by atoms with van der Waals surface area (Å²) in [6.45, 7) is 3.67. The van der Waals surface area contributed by atoms with Gasteiger partial charge in [-0.1, -0.05) is 6.92 Å². The lowest BCUT2D eigenvalue weighted by Crippen LogP contribution is -2.53. The zero-order chi connectivity index (χ0) is 10.4. The van der Waals surface area contributed by atoms with Gasteiger partial charge >= 0.3 is 0 Å². The number of aliphatic hydroxyl groups excluding tert-OH is 1. The van der Waals surface area contributed by atoms with E-state index in [0.717, 1.165) is 6.42 Å². The molecule has 1 aliphatic heterocycles. The Labute approximate surface area is 83.8 Å². The van der Waals surface area contributed by atoms with Crippen molar-refractivity contribution in [2.24, 2.45) is 0 Å². The first-order valence-corrected chi connectivity index (χ1v) is 5.00. The summed E-state index contributed by atoms with van der Waals surface area (Å²) in [7, 11) is 0. The molecule has 0 aromatic rings. The molecule has 1 amide bonds. The lowest BCUT2D eigenvalue weighted by atomic mass is 10.2. The number of amides is 1. The normalized spacial score (nSPS) is 24.3. The first kappa shape index (κ1) is 11.4. The third-order valence-electron chi connectivity index (χ3n) is 2.30. The summed E-state index contributed by atoms with van der Waals surface area (Å²) >= 11 is 0. The average molecular weight is 202 g/mol. The molecule has 82 valence electrons. The van der Waals surface area contributed by atoms with E-state index in [-0.39, 0.29) is 24.6 Å². The highest BCUT2D eigenvalue weighted by molar-refractivity contribution is 5.82. The topological polar surface area (TPSA) is 70.6 Å². The minimum absolute atomic E-state index is 0.0180. The van der Waals surface area contributed by atoms with E-state index in [1.807, 2.05) is 6.92 Å². The molecule has 1 rings (SSSR count). The van der Waals surface area contributed by atoms with Crippen LogP contribution in [0.2, 0.25) is 0 Å². The van der Waals surface area contributed by atoms with Crippen LogP contribution in [0.1, 0.15) is 13.3 Å². The summed E-state index contributed by atoms with van der Waals surface area (Å²) in [5.41, 5.74) is 0. The maximum absolute atomic E-state index is 11.6. The van der Waals surface area contributed by atoms with E-state index in [1.54, 1.807) is 0 Å². The van der Waals surface area contributed by atoms with Crippen molar-refractivity contribution >= 4 is 5.91 Å². The lowest BCUT2D eigenvalue weighted by Gasteiger charge is -2.24. The second-order valence-electron chi connectivity index (χ2n) is 3.38. The van der Waals surface area contributed by atoms with Gasteiger partial charge in [0.1, 0.15) is 6.04 Å². The molecule has 3 N–H and O–H groups in total. The predicted octanol–water partition coefficient (Wildman–Crippen LogP) is -1.14. The second-order valence-corrected chi connectivity index (χ2v) is 3.38. The molecule has 5 heteroatoms. The third-order valence-corrected chi connectivity index (χ3v) is 2.30. The van der Waals surface area contributed by atoms with Crippen molar-refractivity contribution in [2.45, 2.75) is 25.4 Å². The van der Waals surface area contributed by atoms with Gasteiger partial charge in [0.05, 0.1) is 25.9 Å². The van der Waals surface area contributed by atoms with Crippen LogP contribution in [0.25, 0.3) is 0 Å². The highest BCUT2D eigenvalue weighted by Crippen LogP contribution is 1.95. The molecule has 1 unspecified atom stereocenters. The van der Waals surface area contributed by atoms with Gasteiger partial charge in [-0.2, -0.15) is 0 Å². The second kappa shape index (κ2) is 5.95. The van der Waals surface area contributed by atoms with Gasteiger partial charge in [-0.25, -0.2) is 0 Å². The van der Waals surface area contributed by atoms with Gasteiger partial charge in [0, 0.05) is 6.54 Å². The standard InChI is InChI=1S/C9H18N2O3/c1-2-7(5-12)11-9(13)8-6-14-4-3-10-8/h7-8,10,12H,2-6H2,1H3,(H,11,13)/t7-,8?/m1/s1. The van der Waals surface area contributed by atoms with E-state index in [4.69, 9.17) is 9.84 Å². The Balaban J connectivity index is 2.32. The molecule has 0 radical (unpaired) electrons. The van der Waals surface area contributed by atoms with Crippen LogP contribution >= 0.6 is 0 Å². The molecule has 0 aromatic heterocycles. The zero-order valence-electron chi connectivity index (χ0n) is 8.45. The summed E-state index contributed by atoms with van der Waals surface area (Å²) < 4.78 is 5.17.